The minimum Gasteiger partial charge on any atom is -0.487 e. The molecule has 6 heteroatoms. The maximum Gasteiger partial charge on any atom is 0.416 e. The van der Waals surface area contributed by atoms with Crippen LogP contribution in [0.1, 0.15) is 36.4 Å². The summed E-state index contributed by atoms with van der Waals surface area (Å²) in [6.07, 6.45) is -0.961. The number of piperidine rings is 1. The standard InChI is InChI=1S/C14H14F3NO.ClH/c15-14(16,17)8-1-2-9-10(7-8)19-12-11(9)18-6-5-13(12)3-4-13;/h1-2,7,11-12,18H,3-6H2;1H/t11-,12+;/m0./s1. The number of halogens is 4. The third-order valence-electron chi connectivity index (χ3n) is 4.72. The Morgan fingerprint density at radius 2 is 1.95 bits per heavy atom. The molecule has 1 aromatic rings. The van der Waals surface area contributed by atoms with E-state index in [1.165, 1.54) is 0 Å². The second-order valence-corrected chi connectivity index (χ2v) is 5.83. The Bertz CT molecular complexity index is 542. The fourth-order valence-electron chi connectivity index (χ4n) is 3.45. The molecule has 0 aromatic heterocycles. The molecule has 2 heterocycles. The molecule has 1 spiro atoms. The van der Waals surface area contributed by atoms with Crippen molar-refractivity contribution in [3.63, 3.8) is 0 Å². The minimum atomic E-state index is -4.31. The highest BCUT2D eigenvalue weighted by atomic mass is 35.5. The highest BCUT2D eigenvalue weighted by Gasteiger charge is 2.58. The van der Waals surface area contributed by atoms with E-state index < -0.39 is 11.7 Å². The summed E-state index contributed by atoms with van der Waals surface area (Å²) in [6.45, 7) is 0.922. The van der Waals surface area contributed by atoms with Crippen molar-refractivity contribution in [2.75, 3.05) is 6.54 Å². The van der Waals surface area contributed by atoms with Crippen LogP contribution in [0.4, 0.5) is 13.2 Å². The van der Waals surface area contributed by atoms with Crippen molar-refractivity contribution in [2.24, 2.45) is 5.41 Å². The lowest BCUT2D eigenvalue weighted by Crippen LogP contribution is -2.44. The van der Waals surface area contributed by atoms with Gasteiger partial charge in [0.25, 0.3) is 0 Å². The highest BCUT2D eigenvalue weighted by Crippen LogP contribution is 2.60. The van der Waals surface area contributed by atoms with Crippen LogP contribution in [0.3, 0.4) is 0 Å². The monoisotopic (exact) mass is 305 g/mol. The third-order valence-corrected chi connectivity index (χ3v) is 4.72. The largest absolute Gasteiger partial charge is 0.487 e. The molecule has 2 aliphatic heterocycles. The molecule has 0 unspecified atom stereocenters. The molecule has 1 saturated heterocycles. The number of ether oxygens (including phenoxy) is 1. The molecular weight excluding hydrogens is 291 g/mol. The van der Waals surface area contributed by atoms with Crippen LogP contribution < -0.4 is 10.1 Å². The Kier molecular flexibility index (Phi) is 3.00. The van der Waals surface area contributed by atoms with Crippen molar-refractivity contribution >= 4 is 12.4 Å². The molecule has 2 fully saturated rings. The first kappa shape index (κ1) is 14.0. The fourth-order valence-corrected chi connectivity index (χ4v) is 3.45. The van der Waals surface area contributed by atoms with E-state index in [1.807, 2.05) is 0 Å². The van der Waals surface area contributed by atoms with Gasteiger partial charge in [-0.2, -0.15) is 13.2 Å². The Balaban J connectivity index is 0.00000121. The van der Waals surface area contributed by atoms with Crippen molar-refractivity contribution in [3.8, 4) is 5.75 Å². The Morgan fingerprint density at radius 1 is 1.20 bits per heavy atom. The molecule has 0 radical (unpaired) electrons. The van der Waals surface area contributed by atoms with Crippen LogP contribution in [0.25, 0.3) is 0 Å². The van der Waals surface area contributed by atoms with Crippen molar-refractivity contribution in [1.29, 1.82) is 0 Å². The lowest BCUT2D eigenvalue weighted by atomic mass is 9.84. The van der Waals surface area contributed by atoms with Crippen molar-refractivity contribution in [2.45, 2.75) is 37.6 Å². The third kappa shape index (κ3) is 1.91. The smallest absolute Gasteiger partial charge is 0.416 e. The van der Waals surface area contributed by atoms with Crippen molar-refractivity contribution in [1.82, 2.24) is 5.32 Å². The number of fused-ring (bicyclic) bond motifs is 4. The predicted octanol–water partition coefficient (Wildman–Crippen LogP) is 3.70. The fraction of sp³-hybridized carbons (Fsp3) is 0.571. The van der Waals surface area contributed by atoms with Crippen molar-refractivity contribution < 1.29 is 17.9 Å². The van der Waals surface area contributed by atoms with Crippen LogP contribution in [-0.2, 0) is 6.18 Å². The number of benzene rings is 1. The van der Waals surface area contributed by atoms with E-state index in [9.17, 15) is 13.2 Å². The second kappa shape index (κ2) is 4.28. The SMILES string of the molecule is Cl.FC(F)(F)c1ccc2c(c1)O[C@@H]1[C@H]2NCCC12CC2. The molecule has 1 N–H and O–H groups in total. The van der Waals surface area contributed by atoms with Gasteiger partial charge in [-0.3, -0.25) is 0 Å². The predicted molar refractivity (Wildman–Crippen MR) is 70.1 cm³/mol. The summed E-state index contributed by atoms with van der Waals surface area (Å²) in [6, 6.07) is 3.93. The Hall–Kier alpha value is -0.940. The van der Waals surface area contributed by atoms with Crippen LogP contribution in [0.5, 0.6) is 5.75 Å². The zero-order valence-electron chi connectivity index (χ0n) is 10.7. The molecule has 0 amide bonds. The number of rotatable bonds is 0. The maximum absolute atomic E-state index is 12.7. The van der Waals surface area contributed by atoms with Crippen LogP contribution >= 0.6 is 12.4 Å². The lowest BCUT2D eigenvalue weighted by Gasteiger charge is -2.33. The summed E-state index contributed by atoms with van der Waals surface area (Å²) in [5.74, 6) is 0.408. The van der Waals surface area contributed by atoms with Crippen LogP contribution in [-0.4, -0.2) is 12.6 Å². The first-order chi connectivity index (χ1) is 9.00. The van der Waals surface area contributed by atoms with Gasteiger partial charge in [-0.15, -0.1) is 12.4 Å². The van der Waals surface area contributed by atoms with Gasteiger partial charge in [0.2, 0.25) is 0 Å². The summed E-state index contributed by atoms with van der Waals surface area (Å²) in [5.41, 5.74) is 0.464. The van der Waals surface area contributed by atoms with Gasteiger partial charge in [0.1, 0.15) is 11.9 Å². The minimum absolute atomic E-state index is 0. The number of hydrogen-bond acceptors (Lipinski definition) is 2. The molecule has 2 nitrogen and oxygen atoms in total. The first-order valence-corrected chi connectivity index (χ1v) is 6.61. The van der Waals surface area contributed by atoms with Gasteiger partial charge in [-0.25, -0.2) is 0 Å². The summed E-state index contributed by atoms with van der Waals surface area (Å²) >= 11 is 0. The maximum atomic E-state index is 12.7. The summed E-state index contributed by atoms with van der Waals surface area (Å²) in [4.78, 5) is 0. The van der Waals surface area contributed by atoms with Crippen LogP contribution in [0.2, 0.25) is 0 Å². The van der Waals surface area contributed by atoms with Gasteiger partial charge in [-0.05, 0) is 37.9 Å². The summed E-state index contributed by atoms with van der Waals surface area (Å²) in [5, 5.41) is 3.38. The summed E-state index contributed by atoms with van der Waals surface area (Å²) < 4.78 is 44.0. The van der Waals surface area contributed by atoms with Gasteiger partial charge < -0.3 is 10.1 Å². The zero-order valence-corrected chi connectivity index (χ0v) is 11.5. The van der Waals surface area contributed by atoms with Crippen LogP contribution in [0.15, 0.2) is 18.2 Å². The van der Waals surface area contributed by atoms with Gasteiger partial charge in [0.15, 0.2) is 0 Å². The number of nitrogens with one attached hydrogen (secondary N) is 1. The molecule has 3 aliphatic rings. The zero-order chi connectivity index (χ0) is 13.3. The van der Waals surface area contributed by atoms with Gasteiger partial charge in [0.05, 0.1) is 11.6 Å². The molecule has 2 atom stereocenters. The van der Waals surface area contributed by atoms with E-state index in [-0.39, 0.29) is 30.0 Å². The molecule has 20 heavy (non-hydrogen) atoms. The summed E-state index contributed by atoms with van der Waals surface area (Å²) in [7, 11) is 0. The first-order valence-electron chi connectivity index (χ1n) is 6.61. The van der Waals surface area contributed by atoms with E-state index in [2.05, 4.69) is 5.32 Å². The Labute approximate surface area is 121 Å². The van der Waals surface area contributed by atoms with E-state index in [0.717, 1.165) is 43.5 Å². The van der Waals surface area contributed by atoms with Gasteiger partial charge in [0, 0.05) is 11.0 Å². The highest BCUT2D eigenvalue weighted by molar-refractivity contribution is 5.85. The normalized spacial score (nSPS) is 29.1. The molecular formula is C14H15ClF3NO. The molecule has 1 aromatic carbocycles. The van der Waals surface area contributed by atoms with Gasteiger partial charge >= 0.3 is 6.18 Å². The van der Waals surface area contributed by atoms with E-state index in [4.69, 9.17) is 4.74 Å². The molecule has 4 rings (SSSR count). The number of alkyl halides is 3. The van der Waals surface area contributed by atoms with Gasteiger partial charge in [-0.1, -0.05) is 6.07 Å². The average molecular weight is 306 g/mol. The molecule has 0 bridgehead atoms. The number of hydrogen-bond donors (Lipinski definition) is 1. The van der Waals surface area contributed by atoms with E-state index in [1.54, 1.807) is 6.07 Å². The van der Waals surface area contributed by atoms with E-state index in [0.29, 0.717) is 5.75 Å². The molecule has 1 saturated carbocycles. The quantitative estimate of drug-likeness (QED) is 0.789. The Morgan fingerprint density at radius 3 is 2.60 bits per heavy atom. The van der Waals surface area contributed by atoms with Crippen molar-refractivity contribution in [3.05, 3.63) is 29.3 Å². The molecule has 110 valence electrons. The average Bonchev–Trinajstić information content (AvgIpc) is 3.01. The van der Waals surface area contributed by atoms with E-state index >= 15 is 0 Å². The topological polar surface area (TPSA) is 21.3 Å². The second-order valence-electron chi connectivity index (χ2n) is 5.83. The van der Waals surface area contributed by atoms with Crippen LogP contribution in [0, 0.1) is 5.41 Å². The lowest BCUT2D eigenvalue weighted by molar-refractivity contribution is -0.137. The molecule has 1 aliphatic carbocycles.